The third-order valence-electron chi connectivity index (χ3n) is 3.72. The molecule has 26 heavy (non-hydrogen) atoms. The number of nitrogens with one attached hydrogen (secondary N) is 2. The highest BCUT2D eigenvalue weighted by molar-refractivity contribution is 7.13. The van der Waals surface area contributed by atoms with E-state index in [0.717, 1.165) is 16.1 Å². The lowest BCUT2D eigenvalue weighted by Crippen LogP contribution is -2.19. The van der Waals surface area contributed by atoms with Gasteiger partial charge < -0.3 is 9.47 Å². The van der Waals surface area contributed by atoms with Crippen LogP contribution in [0, 0.1) is 0 Å². The van der Waals surface area contributed by atoms with E-state index >= 15 is 0 Å². The van der Waals surface area contributed by atoms with Gasteiger partial charge in [-0.3, -0.25) is 9.89 Å². The van der Waals surface area contributed by atoms with Crippen molar-refractivity contribution in [3.05, 3.63) is 53.0 Å². The maximum absolute atomic E-state index is 12.2. The van der Waals surface area contributed by atoms with Gasteiger partial charge in [0.2, 0.25) is 0 Å². The molecule has 1 aromatic carbocycles. The molecule has 0 saturated heterocycles. The Labute approximate surface area is 154 Å². The summed E-state index contributed by atoms with van der Waals surface area (Å²) < 4.78 is 10.5. The minimum Gasteiger partial charge on any atom is -0.493 e. The first-order valence-corrected chi connectivity index (χ1v) is 8.66. The Morgan fingerprint density at radius 2 is 2.00 bits per heavy atom. The number of hydrogen-bond donors (Lipinski definition) is 2. The lowest BCUT2D eigenvalue weighted by molar-refractivity contribution is 0.0950. The van der Waals surface area contributed by atoms with Crippen molar-refractivity contribution < 1.29 is 14.3 Å². The predicted molar refractivity (Wildman–Crippen MR) is 101 cm³/mol. The number of hydrazone groups is 1. The molecule has 0 aliphatic carbocycles. The Bertz CT molecular complexity index is 932. The molecule has 0 radical (unpaired) electrons. The molecule has 0 bridgehead atoms. The molecule has 2 aromatic heterocycles. The van der Waals surface area contributed by atoms with E-state index in [1.165, 1.54) is 0 Å². The number of H-pyrrole nitrogens is 1. The summed E-state index contributed by atoms with van der Waals surface area (Å²) in [5, 5.41) is 13.0. The van der Waals surface area contributed by atoms with Crippen LogP contribution in [-0.4, -0.2) is 36.0 Å². The van der Waals surface area contributed by atoms with Gasteiger partial charge in [-0.2, -0.15) is 10.2 Å². The van der Waals surface area contributed by atoms with E-state index in [0.29, 0.717) is 17.2 Å². The van der Waals surface area contributed by atoms with Gasteiger partial charge in [0.25, 0.3) is 5.91 Å². The van der Waals surface area contributed by atoms with Gasteiger partial charge in [0.05, 0.1) is 30.5 Å². The monoisotopic (exact) mass is 370 g/mol. The van der Waals surface area contributed by atoms with Crippen molar-refractivity contribution in [1.82, 2.24) is 15.6 Å². The van der Waals surface area contributed by atoms with Gasteiger partial charge in [-0.25, -0.2) is 5.43 Å². The van der Waals surface area contributed by atoms with Crippen LogP contribution in [0.15, 0.2) is 46.9 Å². The number of amides is 1. The molecular formula is C18H18N4O3S. The molecule has 134 valence electrons. The van der Waals surface area contributed by atoms with Crippen LogP contribution in [0.4, 0.5) is 0 Å². The summed E-state index contributed by atoms with van der Waals surface area (Å²) in [7, 11) is 3.14. The Balaban J connectivity index is 1.72. The number of rotatable bonds is 6. The minimum atomic E-state index is -0.385. The first kappa shape index (κ1) is 17.7. The van der Waals surface area contributed by atoms with Crippen LogP contribution in [-0.2, 0) is 0 Å². The van der Waals surface area contributed by atoms with E-state index < -0.39 is 0 Å². The molecule has 0 atom stereocenters. The molecular weight excluding hydrogens is 352 g/mol. The zero-order valence-corrected chi connectivity index (χ0v) is 15.4. The fourth-order valence-corrected chi connectivity index (χ4v) is 3.01. The summed E-state index contributed by atoms with van der Waals surface area (Å²) in [6.45, 7) is 1.79. The zero-order chi connectivity index (χ0) is 18.5. The number of aromatic nitrogens is 2. The molecule has 7 nitrogen and oxygen atoms in total. The van der Waals surface area contributed by atoms with Crippen LogP contribution < -0.4 is 14.9 Å². The lowest BCUT2D eigenvalue weighted by Gasteiger charge is -2.09. The molecule has 8 heteroatoms. The Kier molecular flexibility index (Phi) is 5.33. The second-order valence-electron chi connectivity index (χ2n) is 5.35. The summed E-state index contributed by atoms with van der Waals surface area (Å²) in [5.41, 5.74) is 5.03. The predicted octanol–water partition coefficient (Wildman–Crippen LogP) is 3.31. The van der Waals surface area contributed by atoms with Crippen LogP contribution in [0.5, 0.6) is 11.5 Å². The molecule has 1 amide bonds. The topological polar surface area (TPSA) is 88.6 Å². The number of carbonyl (C=O) groups excluding carboxylic acids is 1. The fraction of sp³-hybridized carbons (Fsp3) is 0.167. The summed E-state index contributed by atoms with van der Waals surface area (Å²) in [6, 6.07) is 11.0. The largest absolute Gasteiger partial charge is 0.493 e. The van der Waals surface area contributed by atoms with Gasteiger partial charge in [-0.05, 0) is 42.6 Å². The normalized spacial score (nSPS) is 11.3. The highest BCUT2D eigenvalue weighted by atomic mass is 32.1. The molecule has 0 aliphatic rings. The number of ether oxygens (including phenoxy) is 2. The molecule has 0 spiro atoms. The third-order valence-corrected chi connectivity index (χ3v) is 4.63. The molecule has 0 saturated carbocycles. The van der Waals surface area contributed by atoms with Crippen molar-refractivity contribution in [2.45, 2.75) is 6.92 Å². The van der Waals surface area contributed by atoms with Gasteiger partial charge in [0.1, 0.15) is 0 Å². The average molecular weight is 370 g/mol. The van der Waals surface area contributed by atoms with E-state index in [-0.39, 0.29) is 11.6 Å². The van der Waals surface area contributed by atoms with Gasteiger partial charge in [0.15, 0.2) is 17.2 Å². The van der Waals surface area contributed by atoms with Crippen molar-refractivity contribution in [1.29, 1.82) is 0 Å². The number of methoxy groups -OCH3 is 2. The number of thiophene rings is 1. The number of nitrogens with zero attached hydrogens (tertiary/aromatic N) is 2. The van der Waals surface area contributed by atoms with Gasteiger partial charge >= 0.3 is 0 Å². The lowest BCUT2D eigenvalue weighted by atomic mass is 10.1. The quantitative estimate of drug-likeness (QED) is 0.515. The van der Waals surface area contributed by atoms with Crippen LogP contribution in [0.3, 0.4) is 0 Å². The smallest absolute Gasteiger partial charge is 0.291 e. The Morgan fingerprint density at radius 3 is 2.69 bits per heavy atom. The molecule has 0 unspecified atom stereocenters. The minimum absolute atomic E-state index is 0.275. The third kappa shape index (κ3) is 3.75. The summed E-state index contributed by atoms with van der Waals surface area (Å²) in [4.78, 5) is 13.3. The molecule has 0 aliphatic heterocycles. The molecule has 3 aromatic rings. The molecule has 2 N–H and O–H groups in total. The highest BCUT2D eigenvalue weighted by Gasteiger charge is 2.12. The van der Waals surface area contributed by atoms with E-state index in [4.69, 9.17) is 9.47 Å². The summed E-state index contributed by atoms with van der Waals surface area (Å²) >= 11 is 1.57. The van der Waals surface area contributed by atoms with E-state index in [2.05, 4.69) is 20.7 Å². The molecule has 0 fully saturated rings. The first-order valence-electron chi connectivity index (χ1n) is 7.78. The molecule has 3 rings (SSSR count). The van der Waals surface area contributed by atoms with Gasteiger partial charge in [-0.1, -0.05) is 6.07 Å². The average Bonchev–Trinajstić information content (AvgIpc) is 3.36. The fourth-order valence-electron chi connectivity index (χ4n) is 2.31. The van der Waals surface area contributed by atoms with E-state index in [9.17, 15) is 4.79 Å². The van der Waals surface area contributed by atoms with E-state index in [1.807, 2.05) is 23.6 Å². The summed E-state index contributed by atoms with van der Waals surface area (Å²) in [5.74, 6) is 0.841. The van der Waals surface area contributed by atoms with Crippen molar-refractivity contribution in [2.24, 2.45) is 5.10 Å². The number of carbonyl (C=O) groups is 1. The van der Waals surface area contributed by atoms with Crippen molar-refractivity contribution in [2.75, 3.05) is 14.2 Å². The number of aromatic amines is 1. The highest BCUT2D eigenvalue weighted by Crippen LogP contribution is 2.27. The van der Waals surface area contributed by atoms with Crippen LogP contribution in [0.25, 0.3) is 10.6 Å². The van der Waals surface area contributed by atoms with Crippen molar-refractivity contribution >= 4 is 23.0 Å². The SMILES string of the molecule is COc1ccc(/C(C)=N/NC(=O)c2cc(-c3cccs3)[nH]n2)cc1OC. The van der Waals surface area contributed by atoms with Crippen molar-refractivity contribution in [3.63, 3.8) is 0 Å². The second kappa shape index (κ2) is 7.83. The van der Waals surface area contributed by atoms with Gasteiger partial charge in [0, 0.05) is 5.56 Å². The first-order chi connectivity index (χ1) is 12.6. The van der Waals surface area contributed by atoms with Crippen LogP contribution in [0.1, 0.15) is 23.0 Å². The van der Waals surface area contributed by atoms with Crippen LogP contribution in [0.2, 0.25) is 0 Å². The number of hydrogen-bond acceptors (Lipinski definition) is 6. The van der Waals surface area contributed by atoms with Gasteiger partial charge in [-0.15, -0.1) is 11.3 Å². The number of benzene rings is 1. The molecule has 2 heterocycles. The van der Waals surface area contributed by atoms with Crippen LogP contribution >= 0.6 is 11.3 Å². The Morgan fingerprint density at radius 1 is 1.19 bits per heavy atom. The maximum atomic E-state index is 12.2. The van der Waals surface area contributed by atoms with Crippen molar-refractivity contribution in [3.8, 4) is 22.1 Å². The maximum Gasteiger partial charge on any atom is 0.291 e. The van der Waals surface area contributed by atoms with E-state index in [1.54, 1.807) is 50.7 Å². The zero-order valence-electron chi connectivity index (χ0n) is 14.6. The Hall–Kier alpha value is -3.13. The standard InChI is InChI=1S/C18H18N4O3S/c1-11(12-6-7-15(24-2)16(9-12)25-3)19-22-18(23)14-10-13(20-21-14)17-5-4-8-26-17/h4-10H,1-3H3,(H,20,21)(H,22,23)/b19-11+. The summed E-state index contributed by atoms with van der Waals surface area (Å²) in [6.07, 6.45) is 0. The second-order valence-corrected chi connectivity index (χ2v) is 6.30.